The lowest BCUT2D eigenvalue weighted by Crippen LogP contribution is -2.46. The Kier molecular flexibility index (Phi) is 5.19. The van der Waals surface area contributed by atoms with Crippen LogP contribution < -0.4 is 4.90 Å². The molecule has 2 aromatic carbocycles. The maximum atomic E-state index is 6.28. The number of benzene rings is 2. The average Bonchev–Trinajstić information content (AvgIpc) is 3.19. The van der Waals surface area contributed by atoms with E-state index in [4.69, 9.17) is 11.6 Å². The lowest BCUT2D eigenvalue weighted by atomic mass is 10.1. The van der Waals surface area contributed by atoms with E-state index in [0.29, 0.717) is 5.28 Å². The summed E-state index contributed by atoms with van der Waals surface area (Å²) in [5.41, 5.74) is 2.56. The van der Waals surface area contributed by atoms with E-state index in [1.165, 1.54) is 16.0 Å². The lowest BCUT2D eigenvalue weighted by Gasteiger charge is -2.35. The van der Waals surface area contributed by atoms with Crippen LogP contribution in [0.1, 0.15) is 5.56 Å². The van der Waals surface area contributed by atoms with Crippen LogP contribution in [0.2, 0.25) is 5.28 Å². The Bertz CT molecular complexity index is 1110. The lowest BCUT2D eigenvalue weighted by molar-refractivity contribution is 0.249. The van der Waals surface area contributed by atoms with Gasteiger partial charge in [0.25, 0.3) is 0 Å². The number of aromatic nitrogens is 2. The second kappa shape index (κ2) is 8.11. The number of anilines is 1. The molecule has 0 unspecified atom stereocenters. The highest BCUT2D eigenvalue weighted by atomic mass is 35.5. The maximum Gasteiger partial charge on any atom is 0.225 e. The van der Waals surface area contributed by atoms with Crippen molar-refractivity contribution in [1.29, 1.82) is 0 Å². The van der Waals surface area contributed by atoms with Gasteiger partial charge in [0, 0.05) is 37.6 Å². The molecule has 29 heavy (non-hydrogen) atoms. The second-order valence-electron chi connectivity index (χ2n) is 7.26. The zero-order valence-corrected chi connectivity index (χ0v) is 17.5. The molecule has 4 nitrogen and oxygen atoms in total. The van der Waals surface area contributed by atoms with Crippen molar-refractivity contribution in [2.45, 2.75) is 6.54 Å². The molecule has 1 aliphatic rings. The number of piperazine rings is 1. The summed E-state index contributed by atoms with van der Waals surface area (Å²) in [6, 6.07) is 23.3. The van der Waals surface area contributed by atoms with Crippen molar-refractivity contribution in [2.24, 2.45) is 0 Å². The fraction of sp³-hybridized carbons (Fsp3) is 0.217. The van der Waals surface area contributed by atoms with Crippen LogP contribution in [-0.4, -0.2) is 41.0 Å². The Morgan fingerprint density at radius 3 is 2.28 bits per heavy atom. The van der Waals surface area contributed by atoms with Gasteiger partial charge in [-0.05, 0) is 28.8 Å². The van der Waals surface area contributed by atoms with Crippen molar-refractivity contribution in [3.8, 4) is 10.4 Å². The van der Waals surface area contributed by atoms with Gasteiger partial charge in [0.05, 0.1) is 5.39 Å². The van der Waals surface area contributed by atoms with Crippen LogP contribution >= 0.6 is 22.9 Å². The molecule has 0 N–H and O–H groups in total. The fourth-order valence-corrected chi connectivity index (χ4v) is 5.07. The minimum atomic E-state index is 0.320. The summed E-state index contributed by atoms with van der Waals surface area (Å²) >= 11 is 7.95. The molecular formula is C23H21ClN4S. The largest absolute Gasteiger partial charge is 0.353 e. The quantitative estimate of drug-likeness (QED) is 0.417. The SMILES string of the molecule is Clc1nc(N2CCN(Cc3ccccc3)CC2)c2cc(-c3ccccc3)sc2n1. The zero-order chi connectivity index (χ0) is 19.6. The van der Waals surface area contributed by atoms with Gasteiger partial charge in [-0.2, -0.15) is 4.98 Å². The van der Waals surface area contributed by atoms with Crippen molar-refractivity contribution >= 4 is 39.0 Å². The third-order valence-electron chi connectivity index (χ3n) is 5.32. The van der Waals surface area contributed by atoms with Gasteiger partial charge < -0.3 is 4.90 Å². The smallest absolute Gasteiger partial charge is 0.225 e. The van der Waals surface area contributed by atoms with Gasteiger partial charge in [0.2, 0.25) is 5.28 Å². The summed E-state index contributed by atoms with van der Waals surface area (Å²) in [4.78, 5) is 16.1. The van der Waals surface area contributed by atoms with E-state index in [9.17, 15) is 0 Å². The monoisotopic (exact) mass is 420 g/mol. The van der Waals surface area contributed by atoms with Gasteiger partial charge in [-0.1, -0.05) is 60.7 Å². The van der Waals surface area contributed by atoms with Crippen LogP contribution in [0.15, 0.2) is 66.7 Å². The molecule has 146 valence electrons. The van der Waals surface area contributed by atoms with Gasteiger partial charge in [0.1, 0.15) is 10.6 Å². The normalized spacial score (nSPS) is 15.1. The number of nitrogens with zero attached hydrogens (tertiary/aromatic N) is 4. The highest BCUT2D eigenvalue weighted by Crippen LogP contribution is 2.37. The number of rotatable bonds is 4. The van der Waals surface area contributed by atoms with Crippen molar-refractivity contribution in [2.75, 3.05) is 31.1 Å². The van der Waals surface area contributed by atoms with E-state index in [1.807, 2.05) is 6.07 Å². The summed E-state index contributed by atoms with van der Waals surface area (Å²) < 4.78 is 0. The molecule has 0 bridgehead atoms. The van der Waals surface area contributed by atoms with E-state index < -0.39 is 0 Å². The Morgan fingerprint density at radius 1 is 0.862 bits per heavy atom. The number of fused-ring (bicyclic) bond motifs is 1. The average molecular weight is 421 g/mol. The van der Waals surface area contributed by atoms with E-state index in [-0.39, 0.29) is 0 Å². The first-order chi connectivity index (χ1) is 14.3. The van der Waals surface area contributed by atoms with Crippen LogP contribution in [0.4, 0.5) is 5.82 Å². The molecule has 4 aromatic rings. The Hall–Kier alpha value is -2.47. The van der Waals surface area contributed by atoms with Crippen LogP contribution in [0, 0.1) is 0 Å². The third-order valence-corrected chi connectivity index (χ3v) is 6.57. The van der Waals surface area contributed by atoms with Crippen molar-refractivity contribution in [3.63, 3.8) is 0 Å². The van der Waals surface area contributed by atoms with Gasteiger partial charge in [-0.15, -0.1) is 11.3 Å². The molecule has 6 heteroatoms. The van der Waals surface area contributed by atoms with Gasteiger partial charge in [0.15, 0.2) is 0 Å². The number of halogens is 1. The molecule has 0 amide bonds. The molecule has 1 aliphatic heterocycles. The van der Waals surface area contributed by atoms with Crippen molar-refractivity contribution in [3.05, 3.63) is 77.6 Å². The van der Waals surface area contributed by atoms with E-state index >= 15 is 0 Å². The minimum Gasteiger partial charge on any atom is -0.353 e. The van der Waals surface area contributed by atoms with Gasteiger partial charge in [-0.25, -0.2) is 4.98 Å². The molecular weight excluding hydrogens is 400 g/mol. The molecule has 0 radical (unpaired) electrons. The maximum absolute atomic E-state index is 6.28. The van der Waals surface area contributed by atoms with Gasteiger partial charge >= 0.3 is 0 Å². The summed E-state index contributed by atoms with van der Waals surface area (Å²) in [7, 11) is 0. The summed E-state index contributed by atoms with van der Waals surface area (Å²) in [6.45, 7) is 4.88. The minimum absolute atomic E-state index is 0.320. The first kappa shape index (κ1) is 18.6. The van der Waals surface area contributed by atoms with E-state index in [0.717, 1.165) is 48.8 Å². The highest BCUT2D eigenvalue weighted by molar-refractivity contribution is 7.22. The predicted octanol–water partition coefficient (Wildman–Crippen LogP) is 5.33. The predicted molar refractivity (Wildman–Crippen MR) is 122 cm³/mol. The molecule has 1 fully saturated rings. The molecule has 5 rings (SSSR count). The highest BCUT2D eigenvalue weighted by Gasteiger charge is 2.22. The van der Waals surface area contributed by atoms with Crippen LogP contribution in [0.3, 0.4) is 0 Å². The van der Waals surface area contributed by atoms with Crippen LogP contribution in [0.25, 0.3) is 20.7 Å². The van der Waals surface area contributed by atoms with Crippen LogP contribution in [0.5, 0.6) is 0 Å². The molecule has 3 heterocycles. The Morgan fingerprint density at radius 2 is 1.55 bits per heavy atom. The molecule has 0 saturated carbocycles. The molecule has 0 aliphatic carbocycles. The Balaban J connectivity index is 1.38. The molecule has 2 aromatic heterocycles. The van der Waals surface area contributed by atoms with Crippen molar-refractivity contribution < 1.29 is 0 Å². The van der Waals surface area contributed by atoms with E-state index in [1.54, 1.807) is 11.3 Å². The standard InChI is InChI=1S/C23H21ClN4S/c24-23-25-21(19-15-20(29-22(19)26-23)18-9-5-2-6-10-18)28-13-11-27(12-14-28)16-17-7-3-1-4-8-17/h1-10,15H,11-14,16H2. The molecule has 0 atom stereocenters. The third kappa shape index (κ3) is 3.99. The zero-order valence-electron chi connectivity index (χ0n) is 16.0. The van der Waals surface area contributed by atoms with Crippen LogP contribution in [-0.2, 0) is 6.54 Å². The fourth-order valence-electron chi connectivity index (χ4n) is 3.83. The van der Waals surface area contributed by atoms with E-state index in [2.05, 4.69) is 80.4 Å². The topological polar surface area (TPSA) is 32.3 Å². The summed E-state index contributed by atoms with van der Waals surface area (Å²) in [6.07, 6.45) is 0. The first-order valence-electron chi connectivity index (χ1n) is 9.80. The second-order valence-corrected chi connectivity index (χ2v) is 8.63. The summed E-state index contributed by atoms with van der Waals surface area (Å²) in [5.74, 6) is 0.956. The number of thiophene rings is 1. The Labute approximate surface area is 179 Å². The van der Waals surface area contributed by atoms with Gasteiger partial charge in [-0.3, -0.25) is 4.90 Å². The first-order valence-corrected chi connectivity index (χ1v) is 11.0. The van der Waals surface area contributed by atoms with Crippen molar-refractivity contribution in [1.82, 2.24) is 14.9 Å². The molecule has 0 spiro atoms. The summed E-state index contributed by atoms with van der Waals surface area (Å²) in [5, 5.41) is 1.41. The number of hydrogen-bond acceptors (Lipinski definition) is 5. The number of hydrogen-bond donors (Lipinski definition) is 0. The molecule has 1 saturated heterocycles.